The number of carbonyl (C=O) groups is 1. The molecule has 0 unspecified atom stereocenters. The number of aromatic nitrogens is 1. The number of anilines is 1. The predicted molar refractivity (Wildman–Crippen MR) is 119 cm³/mol. The minimum atomic E-state index is -0.224. The van der Waals surface area contributed by atoms with Crippen LogP contribution in [0.1, 0.15) is 24.2 Å². The number of fused-ring (bicyclic) bond motifs is 1. The van der Waals surface area contributed by atoms with E-state index >= 15 is 0 Å². The number of pyridine rings is 1. The van der Waals surface area contributed by atoms with Gasteiger partial charge in [-0.3, -0.25) is 4.98 Å². The Labute approximate surface area is 170 Å². The van der Waals surface area contributed by atoms with E-state index in [0.29, 0.717) is 0 Å². The second kappa shape index (κ2) is 8.15. The van der Waals surface area contributed by atoms with Crippen molar-refractivity contribution in [1.82, 2.24) is 10.3 Å². The average molecular weight is 381 g/mol. The number of urea groups is 1. The number of benzene rings is 3. The van der Waals surface area contributed by atoms with Crippen LogP contribution >= 0.6 is 0 Å². The summed E-state index contributed by atoms with van der Waals surface area (Å²) in [7, 11) is 0. The summed E-state index contributed by atoms with van der Waals surface area (Å²) in [5, 5.41) is 8.27. The summed E-state index contributed by atoms with van der Waals surface area (Å²) in [6, 6.07) is 26.0. The molecule has 0 spiro atoms. The third-order valence-corrected chi connectivity index (χ3v) is 4.99. The average Bonchev–Trinajstić information content (AvgIpc) is 2.74. The van der Waals surface area contributed by atoms with Gasteiger partial charge in [-0.1, -0.05) is 48.5 Å². The van der Waals surface area contributed by atoms with E-state index in [2.05, 4.69) is 45.9 Å². The molecule has 1 heterocycles. The van der Waals surface area contributed by atoms with Gasteiger partial charge in [-0.15, -0.1) is 0 Å². The molecule has 1 aromatic heterocycles. The van der Waals surface area contributed by atoms with E-state index in [-0.39, 0.29) is 12.1 Å². The third-order valence-electron chi connectivity index (χ3n) is 4.99. The molecule has 0 aliphatic rings. The predicted octanol–water partition coefficient (Wildman–Crippen LogP) is 6.09. The lowest BCUT2D eigenvalue weighted by molar-refractivity contribution is 0.249. The molecule has 0 aliphatic heterocycles. The van der Waals surface area contributed by atoms with Gasteiger partial charge in [-0.25, -0.2) is 4.79 Å². The highest BCUT2D eigenvalue weighted by Crippen LogP contribution is 2.22. The van der Waals surface area contributed by atoms with Crippen LogP contribution in [0.15, 0.2) is 85.1 Å². The molecule has 4 rings (SSSR count). The Bertz CT molecular complexity index is 1150. The van der Waals surface area contributed by atoms with Crippen molar-refractivity contribution < 1.29 is 4.79 Å². The van der Waals surface area contributed by atoms with Crippen molar-refractivity contribution in [3.05, 3.63) is 96.3 Å². The van der Waals surface area contributed by atoms with Crippen molar-refractivity contribution in [3.63, 3.8) is 0 Å². The first-order chi connectivity index (χ1) is 14.1. The Hall–Kier alpha value is -3.66. The number of aryl methyl sites for hydroxylation is 1. The van der Waals surface area contributed by atoms with Crippen LogP contribution < -0.4 is 10.6 Å². The molecule has 0 saturated carbocycles. The van der Waals surface area contributed by atoms with Crippen LogP contribution in [-0.2, 0) is 0 Å². The van der Waals surface area contributed by atoms with E-state index in [0.717, 1.165) is 28.1 Å². The summed E-state index contributed by atoms with van der Waals surface area (Å²) in [6.45, 7) is 3.96. The van der Waals surface area contributed by atoms with Gasteiger partial charge in [0.2, 0.25) is 0 Å². The zero-order chi connectivity index (χ0) is 20.2. The highest BCUT2D eigenvalue weighted by atomic mass is 16.2. The molecule has 0 aliphatic carbocycles. The highest BCUT2D eigenvalue weighted by molar-refractivity contribution is 5.90. The van der Waals surface area contributed by atoms with Crippen LogP contribution in [0.3, 0.4) is 0 Å². The van der Waals surface area contributed by atoms with Crippen LogP contribution in [0.25, 0.3) is 21.9 Å². The molecule has 144 valence electrons. The van der Waals surface area contributed by atoms with E-state index in [9.17, 15) is 4.79 Å². The molecule has 0 fully saturated rings. The number of nitrogens with zero attached hydrogens (tertiary/aromatic N) is 1. The maximum atomic E-state index is 12.4. The number of nitrogens with one attached hydrogen (secondary N) is 2. The summed E-state index contributed by atoms with van der Waals surface area (Å²) in [6.07, 6.45) is 1.80. The van der Waals surface area contributed by atoms with Crippen LogP contribution in [-0.4, -0.2) is 11.0 Å². The Morgan fingerprint density at radius 1 is 0.862 bits per heavy atom. The number of rotatable bonds is 4. The maximum Gasteiger partial charge on any atom is 0.319 e. The molecule has 4 aromatic rings. The monoisotopic (exact) mass is 381 g/mol. The fourth-order valence-corrected chi connectivity index (χ4v) is 3.40. The molecule has 2 amide bonds. The number of carbonyl (C=O) groups excluding carboxylic acids is 1. The molecule has 4 nitrogen and oxygen atoms in total. The van der Waals surface area contributed by atoms with Crippen molar-refractivity contribution >= 4 is 22.5 Å². The number of hydrogen-bond donors (Lipinski definition) is 2. The first kappa shape index (κ1) is 18.7. The largest absolute Gasteiger partial charge is 0.331 e. The quantitative estimate of drug-likeness (QED) is 0.449. The van der Waals surface area contributed by atoms with Crippen molar-refractivity contribution in [3.8, 4) is 11.1 Å². The number of amides is 2. The molecule has 1 atom stereocenters. The van der Waals surface area contributed by atoms with E-state index < -0.39 is 0 Å². The molecule has 2 N–H and O–H groups in total. The Kier molecular flexibility index (Phi) is 5.25. The SMILES string of the molecule is Cc1cc(-c2ccc(NC(=O)N[C@H](C)c3ccc4ccccc4c3)cc2)ccn1. The molecule has 0 bridgehead atoms. The smallest absolute Gasteiger partial charge is 0.319 e. The molecular formula is C25H23N3O. The van der Waals surface area contributed by atoms with E-state index in [1.54, 1.807) is 6.20 Å². The Morgan fingerprint density at radius 3 is 2.38 bits per heavy atom. The van der Waals surface area contributed by atoms with Gasteiger partial charge >= 0.3 is 6.03 Å². The van der Waals surface area contributed by atoms with Gasteiger partial charge in [0.1, 0.15) is 0 Å². The van der Waals surface area contributed by atoms with Gasteiger partial charge in [0.15, 0.2) is 0 Å². The van der Waals surface area contributed by atoms with Crippen molar-refractivity contribution in [1.29, 1.82) is 0 Å². The lowest BCUT2D eigenvalue weighted by atomic mass is 10.0. The summed E-state index contributed by atoms with van der Waals surface area (Å²) >= 11 is 0. The normalized spacial score (nSPS) is 11.8. The van der Waals surface area contributed by atoms with Crippen LogP contribution in [0.2, 0.25) is 0 Å². The first-order valence-corrected chi connectivity index (χ1v) is 9.68. The molecule has 29 heavy (non-hydrogen) atoms. The van der Waals surface area contributed by atoms with Gasteiger partial charge in [-0.05, 0) is 71.6 Å². The van der Waals surface area contributed by atoms with Crippen molar-refractivity contribution in [2.24, 2.45) is 0 Å². The fraction of sp³-hybridized carbons (Fsp3) is 0.120. The Balaban J connectivity index is 1.41. The van der Waals surface area contributed by atoms with Crippen molar-refractivity contribution in [2.45, 2.75) is 19.9 Å². The van der Waals surface area contributed by atoms with Crippen LogP contribution in [0.5, 0.6) is 0 Å². The zero-order valence-corrected chi connectivity index (χ0v) is 16.5. The summed E-state index contributed by atoms with van der Waals surface area (Å²) in [5.74, 6) is 0. The number of hydrogen-bond acceptors (Lipinski definition) is 2. The van der Waals surface area contributed by atoms with Crippen LogP contribution in [0, 0.1) is 6.92 Å². The molecular weight excluding hydrogens is 358 g/mol. The summed E-state index contributed by atoms with van der Waals surface area (Å²) in [4.78, 5) is 16.7. The molecule has 0 radical (unpaired) electrons. The van der Waals surface area contributed by atoms with Crippen LogP contribution in [0.4, 0.5) is 10.5 Å². The zero-order valence-electron chi connectivity index (χ0n) is 16.5. The van der Waals surface area contributed by atoms with Gasteiger partial charge in [-0.2, -0.15) is 0 Å². The second-order valence-electron chi connectivity index (χ2n) is 7.19. The van der Waals surface area contributed by atoms with Gasteiger partial charge in [0, 0.05) is 17.6 Å². The van der Waals surface area contributed by atoms with Gasteiger partial charge in [0.25, 0.3) is 0 Å². The highest BCUT2D eigenvalue weighted by Gasteiger charge is 2.10. The minimum Gasteiger partial charge on any atom is -0.331 e. The standard InChI is InChI=1S/C25H23N3O/c1-17-15-23(13-14-26-17)20-9-11-24(12-10-20)28-25(29)27-18(2)21-8-7-19-5-3-4-6-22(19)16-21/h3-16,18H,1-2H3,(H2,27,28,29)/t18-/m1/s1. The lowest BCUT2D eigenvalue weighted by Gasteiger charge is -2.16. The lowest BCUT2D eigenvalue weighted by Crippen LogP contribution is -2.31. The fourth-order valence-electron chi connectivity index (χ4n) is 3.40. The summed E-state index contributed by atoms with van der Waals surface area (Å²) < 4.78 is 0. The Morgan fingerprint density at radius 2 is 1.62 bits per heavy atom. The van der Waals surface area contributed by atoms with Crippen molar-refractivity contribution in [2.75, 3.05) is 5.32 Å². The minimum absolute atomic E-state index is 0.0985. The molecule has 3 aromatic carbocycles. The van der Waals surface area contributed by atoms with E-state index in [1.807, 2.05) is 62.4 Å². The van der Waals surface area contributed by atoms with Gasteiger partial charge in [0.05, 0.1) is 6.04 Å². The maximum absolute atomic E-state index is 12.4. The second-order valence-corrected chi connectivity index (χ2v) is 7.19. The van der Waals surface area contributed by atoms with E-state index in [1.165, 1.54) is 10.8 Å². The first-order valence-electron chi connectivity index (χ1n) is 9.68. The summed E-state index contributed by atoms with van der Waals surface area (Å²) in [5.41, 5.74) is 5.00. The van der Waals surface area contributed by atoms with Gasteiger partial charge < -0.3 is 10.6 Å². The topological polar surface area (TPSA) is 54.0 Å². The van der Waals surface area contributed by atoms with E-state index in [4.69, 9.17) is 0 Å². The molecule has 4 heteroatoms. The third kappa shape index (κ3) is 4.43. The molecule has 0 saturated heterocycles.